The zero-order valence-electron chi connectivity index (χ0n) is 12.6. The van der Waals surface area contributed by atoms with E-state index in [0.717, 1.165) is 41.3 Å². The minimum atomic E-state index is 0.313. The van der Waals surface area contributed by atoms with E-state index in [2.05, 4.69) is 25.3 Å². The lowest BCUT2D eigenvalue weighted by molar-refractivity contribution is 0.470. The monoisotopic (exact) mass is 293 g/mol. The van der Waals surface area contributed by atoms with E-state index in [9.17, 15) is 0 Å². The zero-order chi connectivity index (χ0) is 14.7. The highest BCUT2D eigenvalue weighted by Crippen LogP contribution is 2.28. The maximum absolute atomic E-state index is 6.13. The second kappa shape index (κ2) is 6.59. The van der Waals surface area contributed by atoms with Gasteiger partial charge < -0.3 is 10.3 Å². The van der Waals surface area contributed by atoms with Gasteiger partial charge in [-0.3, -0.25) is 0 Å². The molecule has 0 radical (unpaired) electrons. The molecule has 1 unspecified atom stereocenters. The quantitative estimate of drug-likeness (QED) is 0.868. The van der Waals surface area contributed by atoms with Crippen molar-refractivity contribution in [3.05, 3.63) is 29.0 Å². The Labute approximate surface area is 126 Å². The largest absolute Gasteiger partial charge is 0.330 e. The van der Waals surface area contributed by atoms with E-state index in [1.807, 2.05) is 18.2 Å². The second-order valence-electron chi connectivity index (χ2n) is 5.82. The predicted molar refractivity (Wildman–Crippen MR) is 86.3 cm³/mol. The number of aromatic nitrogens is 2. The summed E-state index contributed by atoms with van der Waals surface area (Å²) in [5.41, 5.74) is 8.13. The molecule has 0 aliphatic heterocycles. The number of hydrogen-bond acceptors (Lipinski definition) is 2. The van der Waals surface area contributed by atoms with Gasteiger partial charge >= 0.3 is 0 Å². The maximum atomic E-state index is 6.13. The van der Waals surface area contributed by atoms with Crippen molar-refractivity contribution in [1.82, 2.24) is 9.55 Å². The Hall–Kier alpha value is -1.06. The first kappa shape index (κ1) is 15.3. The molecule has 1 aromatic carbocycles. The summed E-state index contributed by atoms with van der Waals surface area (Å²) in [6.45, 7) is 8.23. The van der Waals surface area contributed by atoms with Crippen LogP contribution in [0.3, 0.4) is 0 Å². The number of nitrogens with two attached hydrogens (primary N) is 1. The van der Waals surface area contributed by atoms with Crippen LogP contribution < -0.4 is 5.73 Å². The van der Waals surface area contributed by atoms with Crippen LogP contribution in [-0.4, -0.2) is 16.1 Å². The third kappa shape index (κ3) is 3.15. The molecule has 2 N–H and O–H groups in total. The minimum absolute atomic E-state index is 0.313. The first-order valence-corrected chi connectivity index (χ1v) is 7.80. The Bertz CT molecular complexity index is 574. The first-order valence-electron chi connectivity index (χ1n) is 7.42. The van der Waals surface area contributed by atoms with Crippen LogP contribution in [0.15, 0.2) is 18.2 Å². The molecule has 0 aliphatic rings. The molecule has 2 aromatic rings. The van der Waals surface area contributed by atoms with Gasteiger partial charge in [-0.2, -0.15) is 0 Å². The van der Waals surface area contributed by atoms with Gasteiger partial charge in [-0.15, -0.1) is 0 Å². The summed E-state index contributed by atoms with van der Waals surface area (Å²) >= 11 is 6.13. The molecule has 2 rings (SSSR count). The van der Waals surface area contributed by atoms with Gasteiger partial charge in [0.1, 0.15) is 5.82 Å². The van der Waals surface area contributed by atoms with Gasteiger partial charge in [-0.25, -0.2) is 4.98 Å². The van der Waals surface area contributed by atoms with Crippen LogP contribution in [0.4, 0.5) is 0 Å². The summed E-state index contributed by atoms with van der Waals surface area (Å²) in [5.74, 6) is 2.04. The Balaban J connectivity index is 2.52. The number of imidazole rings is 1. The van der Waals surface area contributed by atoms with Crippen molar-refractivity contribution in [2.45, 2.75) is 46.1 Å². The van der Waals surface area contributed by atoms with Crippen molar-refractivity contribution in [2.75, 3.05) is 6.54 Å². The van der Waals surface area contributed by atoms with Crippen LogP contribution >= 0.6 is 11.6 Å². The van der Waals surface area contributed by atoms with E-state index in [1.165, 1.54) is 0 Å². The van der Waals surface area contributed by atoms with Crippen LogP contribution in [0.25, 0.3) is 11.0 Å². The lowest BCUT2D eigenvalue weighted by Gasteiger charge is -2.18. The average Bonchev–Trinajstić information content (AvgIpc) is 2.75. The maximum Gasteiger partial charge on any atom is 0.114 e. The van der Waals surface area contributed by atoms with E-state index in [1.54, 1.807) is 0 Å². The van der Waals surface area contributed by atoms with Crippen molar-refractivity contribution in [3.8, 4) is 0 Å². The predicted octanol–water partition coefficient (Wildman–Crippen LogP) is 4.19. The zero-order valence-corrected chi connectivity index (χ0v) is 13.3. The third-order valence-electron chi connectivity index (χ3n) is 3.59. The third-order valence-corrected chi connectivity index (χ3v) is 3.83. The molecule has 0 fully saturated rings. The summed E-state index contributed by atoms with van der Waals surface area (Å²) in [6.07, 6.45) is 2.14. The van der Waals surface area contributed by atoms with Gasteiger partial charge in [0.05, 0.1) is 11.0 Å². The molecule has 4 heteroatoms. The van der Waals surface area contributed by atoms with Crippen molar-refractivity contribution >= 4 is 22.6 Å². The van der Waals surface area contributed by atoms with Crippen LogP contribution in [0.5, 0.6) is 0 Å². The molecule has 0 saturated heterocycles. The van der Waals surface area contributed by atoms with E-state index in [0.29, 0.717) is 18.4 Å². The number of benzene rings is 1. The van der Waals surface area contributed by atoms with Gasteiger partial charge in [0, 0.05) is 24.0 Å². The fourth-order valence-corrected chi connectivity index (χ4v) is 2.93. The summed E-state index contributed by atoms with van der Waals surface area (Å²) < 4.78 is 2.29. The average molecular weight is 294 g/mol. The molecule has 0 spiro atoms. The Morgan fingerprint density at radius 2 is 2.10 bits per heavy atom. The Kier molecular flexibility index (Phi) is 5.06. The molecule has 110 valence electrons. The van der Waals surface area contributed by atoms with Crippen molar-refractivity contribution in [2.24, 2.45) is 11.7 Å². The molecule has 3 nitrogen and oxygen atoms in total. The van der Waals surface area contributed by atoms with Crippen molar-refractivity contribution in [1.29, 1.82) is 0 Å². The highest BCUT2D eigenvalue weighted by Gasteiger charge is 2.20. The van der Waals surface area contributed by atoms with E-state index < -0.39 is 0 Å². The molecule has 0 saturated carbocycles. The number of fused-ring (bicyclic) bond motifs is 1. The fraction of sp³-hybridized carbons (Fsp3) is 0.562. The topological polar surface area (TPSA) is 43.8 Å². The first-order chi connectivity index (χ1) is 9.56. The summed E-state index contributed by atoms with van der Waals surface area (Å²) in [7, 11) is 0. The van der Waals surface area contributed by atoms with Gasteiger partial charge in [0.2, 0.25) is 0 Å². The SMILES string of the molecule is CCCn1c(C(CN)CC(C)C)nc2ccc(Cl)cc21. The summed E-state index contributed by atoms with van der Waals surface area (Å²) in [5, 5.41) is 0.759. The highest BCUT2D eigenvalue weighted by molar-refractivity contribution is 6.31. The van der Waals surface area contributed by atoms with Crippen LogP contribution in [0.2, 0.25) is 5.02 Å². The molecule has 0 aliphatic carbocycles. The molecule has 20 heavy (non-hydrogen) atoms. The number of aryl methyl sites for hydroxylation is 1. The summed E-state index contributed by atoms with van der Waals surface area (Å²) in [6, 6.07) is 5.90. The molecule has 0 amide bonds. The number of hydrogen-bond donors (Lipinski definition) is 1. The van der Waals surface area contributed by atoms with E-state index in [4.69, 9.17) is 22.3 Å². The number of nitrogens with zero attached hydrogens (tertiary/aromatic N) is 2. The van der Waals surface area contributed by atoms with Gasteiger partial charge in [-0.1, -0.05) is 32.4 Å². The van der Waals surface area contributed by atoms with Crippen molar-refractivity contribution < 1.29 is 0 Å². The van der Waals surface area contributed by atoms with E-state index >= 15 is 0 Å². The van der Waals surface area contributed by atoms with Gasteiger partial charge in [-0.05, 0) is 37.0 Å². The lowest BCUT2D eigenvalue weighted by Crippen LogP contribution is -2.19. The molecule has 1 heterocycles. The standard InChI is InChI=1S/C16H24ClN3/c1-4-7-20-15-9-13(17)5-6-14(15)19-16(20)12(10-18)8-11(2)3/h5-6,9,11-12H,4,7-8,10,18H2,1-3H3. The van der Waals surface area contributed by atoms with Crippen LogP contribution in [0, 0.1) is 5.92 Å². The van der Waals surface area contributed by atoms with E-state index in [-0.39, 0.29) is 0 Å². The Morgan fingerprint density at radius 1 is 1.35 bits per heavy atom. The fourth-order valence-electron chi connectivity index (χ4n) is 2.76. The smallest absolute Gasteiger partial charge is 0.114 e. The van der Waals surface area contributed by atoms with Gasteiger partial charge in [0.25, 0.3) is 0 Å². The van der Waals surface area contributed by atoms with Crippen molar-refractivity contribution in [3.63, 3.8) is 0 Å². The van der Waals surface area contributed by atoms with Crippen LogP contribution in [-0.2, 0) is 6.54 Å². The molecule has 1 aromatic heterocycles. The molecule has 0 bridgehead atoms. The van der Waals surface area contributed by atoms with Gasteiger partial charge in [0.15, 0.2) is 0 Å². The normalized spacial score (nSPS) is 13.3. The van der Waals surface area contributed by atoms with Crippen LogP contribution in [0.1, 0.15) is 45.4 Å². The Morgan fingerprint density at radius 3 is 2.70 bits per heavy atom. The molecular weight excluding hydrogens is 270 g/mol. The number of rotatable bonds is 6. The number of halogens is 1. The second-order valence-corrected chi connectivity index (χ2v) is 6.25. The minimum Gasteiger partial charge on any atom is -0.330 e. The molecule has 1 atom stereocenters. The molecular formula is C16H24ClN3. The lowest BCUT2D eigenvalue weighted by atomic mass is 9.96. The summed E-state index contributed by atoms with van der Waals surface area (Å²) in [4.78, 5) is 4.82. The highest BCUT2D eigenvalue weighted by atomic mass is 35.5.